The largest absolute Gasteiger partial charge is 0.458 e. The molecule has 0 spiro atoms. The van der Waals surface area contributed by atoms with Crippen LogP contribution in [0.4, 0.5) is 0 Å². The molecule has 0 bridgehead atoms. The van der Waals surface area contributed by atoms with Gasteiger partial charge in [-0.2, -0.15) is 0 Å². The van der Waals surface area contributed by atoms with Crippen molar-refractivity contribution in [3.8, 4) is 0 Å². The summed E-state index contributed by atoms with van der Waals surface area (Å²) in [5.74, 6) is -0.287. The lowest BCUT2D eigenvalue weighted by atomic mass is 10.1. The first kappa shape index (κ1) is 11.5. The van der Waals surface area contributed by atoms with E-state index in [-0.39, 0.29) is 12.6 Å². The maximum absolute atomic E-state index is 11.6. The number of benzene rings is 1. The molecule has 0 heterocycles. The summed E-state index contributed by atoms with van der Waals surface area (Å²) < 4.78 is 5.06. The fraction of sp³-hybridized carbons (Fsp3) is 0.308. The van der Waals surface area contributed by atoms with Crippen LogP contribution in [0.1, 0.15) is 28.4 Å². The first-order valence-electron chi connectivity index (χ1n) is 4.89. The van der Waals surface area contributed by atoms with Crippen molar-refractivity contribution >= 4 is 5.97 Å². The van der Waals surface area contributed by atoms with Crippen LogP contribution in [0, 0.1) is 13.8 Å². The topological polar surface area (TPSA) is 26.3 Å². The van der Waals surface area contributed by atoms with Crippen LogP contribution in [0.5, 0.6) is 0 Å². The van der Waals surface area contributed by atoms with E-state index in [1.54, 1.807) is 0 Å². The van der Waals surface area contributed by atoms with Crippen LogP contribution in [0.2, 0.25) is 0 Å². The van der Waals surface area contributed by atoms with Crippen LogP contribution in [0.25, 0.3) is 0 Å². The Hall–Kier alpha value is -1.57. The maximum atomic E-state index is 11.6. The molecule has 0 aliphatic rings. The molecule has 0 saturated heterocycles. The fourth-order valence-corrected chi connectivity index (χ4v) is 1.36. The van der Waals surface area contributed by atoms with Gasteiger partial charge in [-0.15, -0.1) is 0 Å². The van der Waals surface area contributed by atoms with Crippen LogP contribution < -0.4 is 0 Å². The number of carbonyl (C=O) groups excluding carboxylic acids is 1. The zero-order valence-corrected chi connectivity index (χ0v) is 9.46. The average molecular weight is 204 g/mol. The smallest absolute Gasteiger partial charge is 0.338 e. The fourth-order valence-electron chi connectivity index (χ4n) is 1.36. The molecule has 0 N–H and O–H groups in total. The van der Waals surface area contributed by atoms with E-state index in [0.717, 1.165) is 16.7 Å². The summed E-state index contributed by atoms with van der Waals surface area (Å²) in [6.45, 7) is 9.71. The van der Waals surface area contributed by atoms with E-state index in [2.05, 4.69) is 6.58 Å². The van der Waals surface area contributed by atoms with E-state index in [0.29, 0.717) is 5.56 Å². The van der Waals surface area contributed by atoms with Gasteiger partial charge < -0.3 is 4.74 Å². The van der Waals surface area contributed by atoms with Gasteiger partial charge in [0.15, 0.2) is 0 Å². The second-order valence-corrected chi connectivity index (χ2v) is 3.91. The van der Waals surface area contributed by atoms with Crippen LogP contribution in [0.15, 0.2) is 30.4 Å². The third-order valence-corrected chi connectivity index (χ3v) is 1.91. The summed E-state index contributed by atoms with van der Waals surface area (Å²) in [6, 6.07) is 5.68. The molecule has 80 valence electrons. The first-order chi connectivity index (χ1) is 6.99. The van der Waals surface area contributed by atoms with Gasteiger partial charge >= 0.3 is 5.97 Å². The highest BCUT2D eigenvalue weighted by atomic mass is 16.5. The molecule has 1 rings (SSSR count). The van der Waals surface area contributed by atoms with Gasteiger partial charge in [0.05, 0.1) is 5.56 Å². The SMILES string of the molecule is C=C(C)COC(=O)c1cc(C)cc(C)c1. The molecule has 0 atom stereocenters. The normalized spacial score (nSPS) is 9.80. The van der Waals surface area contributed by atoms with E-state index >= 15 is 0 Å². The lowest BCUT2D eigenvalue weighted by molar-refractivity contribution is 0.0540. The lowest BCUT2D eigenvalue weighted by Gasteiger charge is -2.06. The molecule has 0 radical (unpaired) electrons. The van der Waals surface area contributed by atoms with Gasteiger partial charge in [-0.3, -0.25) is 0 Å². The predicted octanol–water partition coefficient (Wildman–Crippen LogP) is 3.04. The highest BCUT2D eigenvalue weighted by Gasteiger charge is 2.07. The molecule has 0 fully saturated rings. The van der Waals surface area contributed by atoms with E-state index in [1.165, 1.54) is 0 Å². The summed E-state index contributed by atoms with van der Waals surface area (Å²) in [6.07, 6.45) is 0. The predicted molar refractivity (Wildman–Crippen MR) is 61.0 cm³/mol. The van der Waals surface area contributed by atoms with Crippen molar-refractivity contribution < 1.29 is 9.53 Å². The van der Waals surface area contributed by atoms with Crippen molar-refractivity contribution in [3.63, 3.8) is 0 Å². The molecule has 2 nitrogen and oxygen atoms in total. The average Bonchev–Trinajstić information content (AvgIpc) is 2.12. The van der Waals surface area contributed by atoms with Gasteiger partial charge in [-0.1, -0.05) is 23.8 Å². The number of esters is 1. The van der Waals surface area contributed by atoms with Gasteiger partial charge in [0.1, 0.15) is 6.61 Å². The molecule has 0 amide bonds. The summed E-state index contributed by atoms with van der Waals surface area (Å²) in [5.41, 5.74) is 3.58. The Balaban J connectivity index is 2.77. The maximum Gasteiger partial charge on any atom is 0.338 e. The molecule has 0 saturated carbocycles. The lowest BCUT2D eigenvalue weighted by Crippen LogP contribution is -2.07. The van der Waals surface area contributed by atoms with Crippen molar-refractivity contribution in [3.05, 3.63) is 47.0 Å². The molecular formula is C13H16O2. The minimum atomic E-state index is -0.287. The Morgan fingerprint density at radius 3 is 2.27 bits per heavy atom. The van der Waals surface area contributed by atoms with Crippen molar-refractivity contribution in [2.75, 3.05) is 6.61 Å². The van der Waals surface area contributed by atoms with Gasteiger partial charge in [-0.25, -0.2) is 4.79 Å². The van der Waals surface area contributed by atoms with Crippen LogP contribution >= 0.6 is 0 Å². The highest BCUT2D eigenvalue weighted by Crippen LogP contribution is 2.10. The number of rotatable bonds is 3. The number of carbonyl (C=O) groups is 1. The Morgan fingerprint density at radius 1 is 1.27 bits per heavy atom. The summed E-state index contributed by atoms with van der Waals surface area (Å²) in [4.78, 5) is 11.6. The third kappa shape index (κ3) is 3.58. The number of aryl methyl sites for hydroxylation is 2. The Kier molecular flexibility index (Phi) is 3.67. The number of ether oxygens (including phenoxy) is 1. The summed E-state index contributed by atoms with van der Waals surface area (Å²) in [5, 5.41) is 0. The van der Waals surface area contributed by atoms with Crippen LogP contribution in [-0.4, -0.2) is 12.6 Å². The second kappa shape index (κ2) is 4.78. The molecule has 15 heavy (non-hydrogen) atoms. The summed E-state index contributed by atoms with van der Waals surface area (Å²) >= 11 is 0. The molecule has 0 aliphatic carbocycles. The first-order valence-corrected chi connectivity index (χ1v) is 4.89. The summed E-state index contributed by atoms with van der Waals surface area (Å²) in [7, 11) is 0. The van der Waals surface area contributed by atoms with E-state index < -0.39 is 0 Å². The van der Waals surface area contributed by atoms with Gasteiger partial charge in [-0.05, 0) is 38.5 Å². The van der Waals surface area contributed by atoms with Crippen molar-refractivity contribution in [2.45, 2.75) is 20.8 Å². The molecule has 1 aromatic rings. The molecule has 0 aromatic heterocycles. The Morgan fingerprint density at radius 2 is 1.80 bits per heavy atom. The van der Waals surface area contributed by atoms with Crippen molar-refractivity contribution in [1.29, 1.82) is 0 Å². The minimum Gasteiger partial charge on any atom is -0.458 e. The zero-order chi connectivity index (χ0) is 11.4. The molecule has 1 aromatic carbocycles. The standard InChI is InChI=1S/C13H16O2/c1-9(2)8-15-13(14)12-6-10(3)5-11(4)7-12/h5-7H,1,8H2,2-4H3. The molecular weight excluding hydrogens is 188 g/mol. The Labute approximate surface area is 90.6 Å². The van der Waals surface area contributed by atoms with Gasteiger partial charge in [0.25, 0.3) is 0 Å². The third-order valence-electron chi connectivity index (χ3n) is 1.91. The molecule has 0 unspecified atom stereocenters. The molecule has 2 heteroatoms. The Bertz CT molecular complexity index is 371. The van der Waals surface area contributed by atoms with Gasteiger partial charge in [0.2, 0.25) is 0 Å². The van der Waals surface area contributed by atoms with E-state index in [9.17, 15) is 4.79 Å². The van der Waals surface area contributed by atoms with E-state index in [4.69, 9.17) is 4.74 Å². The van der Waals surface area contributed by atoms with Crippen LogP contribution in [0.3, 0.4) is 0 Å². The highest BCUT2D eigenvalue weighted by molar-refractivity contribution is 5.89. The number of hydrogen-bond donors (Lipinski definition) is 0. The van der Waals surface area contributed by atoms with Crippen molar-refractivity contribution in [1.82, 2.24) is 0 Å². The second-order valence-electron chi connectivity index (χ2n) is 3.91. The van der Waals surface area contributed by atoms with E-state index in [1.807, 2.05) is 39.0 Å². The van der Waals surface area contributed by atoms with Gasteiger partial charge in [0, 0.05) is 0 Å². The minimum absolute atomic E-state index is 0.284. The monoisotopic (exact) mass is 204 g/mol. The number of hydrogen-bond acceptors (Lipinski definition) is 2. The molecule has 0 aliphatic heterocycles. The zero-order valence-electron chi connectivity index (χ0n) is 9.46. The van der Waals surface area contributed by atoms with Crippen molar-refractivity contribution in [2.24, 2.45) is 0 Å². The quantitative estimate of drug-likeness (QED) is 0.558. The van der Waals surface area contributed by atoms with Crippen LogP contribution in [-0.2, 0) is 4.74 Å².